The molecule has 2 aliphatic carbocycles. The van der Waals surface area contributed by atoms with Gasteiger partial charge in [-0.15, -0.1) is 0 Å². The molecule has 0 radical (unpaired) electrons. The van der Waals surface area contributed by atoms with Gasteiger partial charge in [-0.3, -0.25) is 19.1 Å². The van der Waals surface area contributed by atoms with Crippen LogP contribution >= 0.6 is 0 Å². The summed E-state index contributed by atoms with van der Waals surface area (Å²) in [7, 11) is -2.32. The van der Waals surface area contributed by atoms with Crippen molar-refractivity contribution in [3.05, 3.63) is 66.7 Å². The molecule has 1 saturated heterocycles. The number of benzene rings is 2. The van der Waals surface area contributed by atoms with Gasteiger partial charge in [0.05, 0.1) is 30.1 Å². The molecule has 7 rings (SSSR count). The molecule has 3 heterocycles. The van der Waals surface area contributed by atoms with Gasteiger partial charge in [-0.05, 0) is 71.4 Å². The lowest BCUT2D eigenvalue weighted by Gasteiger charge is -2.30. The molecule has 15 heteroatoms. The van der Waals surface area contributed by atoms with Crippen molar-refractivity contribution in [2.75, 3.05) is 13.7 Å². The monoisotopic (exact) mass is 800 g/mol. The van der Waals surface area contributed by atoms with E-state index in [0.717, 1.165) is 18.4 Å². The van der Waals surface area contributed by atoms with Crippen LogP contribution in [0.2, 0.25) is 0 Å². The third-order valence-corrected chi connectivity index (χ3v) is 12.8. The smallest absolute Gasteiger partial charge is 0.315 e. The molecule has 3 fully saturated rings. The minimum atomic E-state index is -3.90. The standard InChI is InChI=1S/C42H52N6O8S/c1-41(2,3)46-40(52)44-32-16-12-7-5-6-11-15-27-24-42(27,39(51)47-57(53,54)30-18-19-30)45-37(49)35-22-29(25-48(35)38(32)50)56-36-23-33(26-13-9-8-10-14-26)43-34-21-28(55-4)17-20-31(34)36/h8-11,13-15,17,20-21,23,27,29-30,32,35H,5-7,12,16,18-19,22,24-25H2,1-4H3,(H,45,49)(H,47,51)(H2,44,46,52)/t27?,29-,32+,35+,42-/m1/s1. The number of fused-ring (bicyclic) bond motifs is 3. The SMILES string of the molecule is COc1ccc2c(O[C@@H]3C[C@H]4C(=O)N[C@]5(C(=O)NS(=O)(=O)C6CC6)CC5C=CCCCCC[C@H](NC(=O)NC(C)(C)C)C(=O)N4C3)cc(-c3ccccc3)nc2c1. The first-order valence-corrected chi connectivity index (χ1v) is 21.4. The van der Waals surface area contributed by atoms with Gasteiger partial charge in [0.25, 0.3) is 5.91 Å². The molecular weight excluding hydrogens is 749 g/mol. The first kappa shape index (κ1) is 40.0. The van der Waals surface area contributed by atoms with Crippen molar-refractivity contribution in [3.63, 3.8) is 0 Å². The summed E-state index contributed by atoms with van der Waals surface area (Å²) >= 11 is 0. The minimum Gasteiger partial charge on any atom is -0.497 e. The predicted octanol–water partition coefficient (Wildman–Crippen LogP) is 4.73. The second-order valence-electron chi connectivity index (χ2n) is 16.7. The lowest BCUT2D eigenvalue weighted by molar-refractivity contribution is -0.141. The number of ether oxygens (including phenoxy) is 2. The number of carbonyl (C=O) groups is 4. The zero-order valence-corrected chi connectivity index (χ0v) is 33.7. The molecule has 2 aromatic carbocycles. The van der Waals surface area contributed by atoms with E-state index in [9.17, 15) is 27.6 Å². The molecule has 1 aromatic heterocycles. The summed E-state index contributed by atoms with van der Waals surface area (Å²) in [5.41, 5.74) is 0.0850. The van der Waals surface area contributed by atoms with Crippen molar-refractivity contribution in [1.82, 2.24) is 30.6 Å². The van der Waals surface area contributed by atoms with Gasteiger partial charge in [0, 0.05) is 41.0 Å². The molecule has 304 valence electrons. The lowest BCUT2D eigenvalue weighted by Crippen LogP contribution is -2.59. The molecule has 14 nitrogen and oxygen atoms in total. The van der Waals surface area contributed by atoms with E-state index < -0.39 is 74.2 Å². The average Bonchev–Trinajstić information content (AvgIpc) is 4.09. The number of carbonyl (C=O) groups excluding carboxylic acids is 4. The van der Waals surface area contributed by atoms with Gasteiger partial charge >= 0.3 is 6.03 Å². The molecule has 2 saturated carbocycles. The number of methoxy groups -OCH3 is 1. The van der Waals surface area contributed by atoms with E-state index in [1.165, 1.54) is 4.90 Å². The fourth-order valence-electron chi connectivity index (χ4n) is 7.72. The number of sulfonamides is 1. The van der Waals surface area contributed by atoms with Gasteiger partial charge in [-0.25, -0.2) is 18.2 Å². The van der Waals surface area contributed by atoms with Crippen LogP contribution < -0.4 is 30.1 Å². The highest BCUT2D eigenvalue weighted by atomic mass is 32.2. The Balaban J connectivity index is 1.23. The minimum absolute atomic E-state index is 0.00914. The Morgan fingerprint density at radius 3 is 2.49 bits per heavy atom. The Bertz CT molecular complexity index is 2170. The van der Waals surface area contributed by atoms with Gasteiger partial charge in [-0.1, -0.05) is 55.3 Å². The number of aromatic nitrogens is 1. The van der Waals surface area contributed by atoms with Crippen LogP contribution in [0.3, 0.4) is 0 Å². The van der Waals surface area contributed by atoms with Crippen LogP contribution in [0.4, 0.5) is 4.79 Å². The molecular formula is C42H52N6O8S. The Labute approximate surface area is 333 Å². The summed E-state index contributed by atoms with van der Waals surface area (Å²) in [5.74, 6) is -1.15. The quantitative estimate of drug-likeness (QED) is 0.234. The van der Waals surface area contributed by atoms with Crippen LogP contribution in [0.25, 0.3) is 22.2 Å². The number of hydrogen-bond donors (Lipinski definition) is 4. The number of rotatable bonds is 8. The first-order valence-electron chi connectivity index (χ1n) is 19.8. The van der Waals surface area contributed by atoms with Gasteiger partial charge in [0.2, 0.25) is 21.8 Å². The summed E-state index contributed by atoms with van der Waals surface area (Å²) in [4.78, 5) is 62.5. The second kappa shape index (κ2) is 16.0. The van der Waals surface area contributed by atoms with E-state index in [2.05, 4.69) is 20.7 Å². The second-order valence-corrected chi connectivity index (χ2v) is 18.6. The highest BCUT2D eigenvalue weighted by Crippen LogP contribution is 2.46. The number of urea groups is 1. The van der Waals surface area contributed by atoms with E-state index in [4.69, 9.17) is 14.5 Å². The number of nitrogens with one attached hydrogen (secondary N) is 4. The molecule has 4 N–H and O–H groups in total. The van der Waals surface area contributed by atoms with Crippen LogP contribution in [0.5, 0.6) is 11.5 Å². The number of hydrogen-bond acceptors (Lipinski definition) is 9. The Morgan fingerprint density at radius 1 is 1.00 bits per heavy atom. The van der Waals surface area contributed by atoms with Crippen molar-refractivity contribution >= 4 is 44.7 Å². The summed E-state index contributed by atoms with van der Waals surface area (Å²) in [6.45, 7) is 5.54. The maximum Gasteiger partial charge on any atom is 0.315 e. The topological polar surface area (TPSA) is 185 Å². The normalized spacial score (nSPS) is 25.6. The van der Waals surface area contributed by atoms with E-state index in [0.29, 0.717) is 60.2 Å². The Kier molecular flexibility index (Phi) is 11.2. The molecule has 2 aliphatic heterocycles. The van der Waals surface area contributed by atoms with Gasteiger partial charge in [0.15, 0.2) is 0 Å². The number of allylic oxidation sites excluding steroid dienone is 1. The van der Waals surface area contributed by atoms with Crippen LogP contribution in [-0.2, 0) is 24.4 Å². The lowest BCUT2D eigenvalue weighted by atomic mass is 10.0. The van der Waals surface area contributed by atoms with Gasteiger partial charge in [0.1, 0.15) is 35.2 Å². The number of pyridine rings is 1. The van der Waals surface area contributed by atoms with Crippen LogP contribution in [-0.4, -0.2) is 90.2 Å². The van der Waals surface area contributed by atoms with Crippen LogP contribution in [0, 0.1) is 5.92 Å². The highest BCUT2D eigenvalue weighted by Gasteiger charge is 2.62. The third-order valence-electron chi connectivity index (χ3n) is 11.0. The molecule has 5 amide bonds. The van der Waals surface area contributed by atoms with Gasteiger partial charge < -0.3 is 30.3 Å². The van der Waals surface area contributed by atoms with Crippen LogP contribution in [0.15, 0.2) is 66.7 Å². The fourth-order valence-corrected chi connectivity index (χ4v) is 9.08. The summed E-state index contributed by atoms with van der Waals surface area (Å²) in [5, 5.41) is 8.74. The predicted molar refractivity (Wildman–Crippen MR) is 215 cm³/mol. The molecule has 0 spiro atoms. The number of amides is 5. The summed E-state index contributed by atoms with van der Waals surface area (Å²) in [6.07, 6.45) is 7.67. The van der Waals surface area contributed by atoms with Crippen LogP contribution in [0.1, 0.15) is 78.6 Å². The van der Waals surface area contributed by atoms with E-state index in [1.54, 1.807) is 7.11 Å². The van der Waals surface area contributed by atoms with E-state index >= 15 is 0 Å². The summed E-state index contributed by atoms with van der Waals surface area (Å²) < 4.78 is 40.3. The largest absolute Gasteiger partial charge is 0.497 e. The van der Waals surface area contributed by atoms with E-state index in [-0.39, 0.29) is 19.4 Å². The molecule has 1 unspecified atom stereocenters. The zero-order chi connectivity index (χ0) is 40.5. The Morgan fingerprint density at radius 2 is 1.77 bits per heavy atom. The van der Waals surface area contributed by atoms with Crippen molar-refractivity contribution in [2.24, 2.45) is 5.92 Å². The van der Waals surface area contributed by atoms with Crippen molar-refractivity contribution < 1.29 is 37.1 Å². The van der Waals surface area contributed by atoms with Crippen molar-refractivity contribution in [3.8, 4) is 22.8 Å². The maximum atomic E-state index is 14.7. The zero-order valence-electron chi connectivity index (χ0n) is 32.9. The third kappa shape index (κ3) is 9.19. The maximum absolute atomic E-state index is 14.7. The van der Waals surface area contributed by atoms with Crippen molar-refractivity contribution in [2.45, 2.75) is 113 Å². The Hall–Kier alpha value is -5.18. The fraction of sp³-hybridized carbons (Fsp3) is 0.500. The van der Waals surface area contributed by atoms with Gasteiger partial charge in [-0.2, -0.15) is 0 Å². The molecule has 57 heavy (non-hydrogen) atoms. The average molecular weight is 801 g/mol. The highest BCUT2D eigenvalue weighted by molar-refractivity contribution is 7.91. The molecule has 3 aromatic rings. The van der Waals surface area contributed by atoms with E-state index in [1.807, 2.05) is 87.5 Å². The molecule has 5 atom stereocenters. The van der Waals surface area contributed by atoms with Crippen molar-refractivity contribution in [1.29, 1.82) is 0 Å². The molecule has 0 bridgehead atoms. The molecule has 4 aliphatic rings. The first-order chi connectivity index (χ1) is 27.2. The summed E-state index contributed by atoms with van der Waals surface area (Å²) in [6, 6.07) is 14.4. The number of nitrogens with zero attached hydrogens (tertiary/aromatic N) is 2.